The van der Waals surface area contributed by atoms with E-state index in [0.29, 0.717) is 12.6 Å². The van der Waals surface area contributed by atoms with Gasteiger partial charge in [-0.15, -0.1) is 0 Å². The Balaban J connectivity index is 1.81. The molecule has 0 amide bonds. The third-order valence-corrected chi connectivity index (χ3v) is 3.33. The van der Waals surface area contributed by atoms with Gasteiger partial charge in [-0.1, -0.05) is 30.5 Å². The molecule has 0 heterocycles. The van der Waals surface area contributed by atoms with Crippen molar-refractivity contribution in [3.63, 3.8) is 0 Å². The molecule has 0 aromatic heterocycles. The summed E-state index contributed by atoms with van der Waals surface area (Å²) in [4.78, 5) is 0. The lowest BCUT2D eigenvalue weighted by Crippen LogP contribution is -2.25. The molecule has 1 fully saturated rings. The lowest BCUT2D eigenvalue weighted by atomic mass is 10.1. The molecular formula is C13H17ClFN. The molecule has 1 aliphatic rings. The second-order valence-electron chi connectivity index (χ2n) is 4.71. The van der Waals surface area contributed by atoms with Crippen molar-refractivity contribution in [3.05, 3.63) is 34.6 Å². The van der Waals surface area contributed by atoms with Crippen molar-refractivity contribution in [2.45, 2.75) is 38.8 Å². The summed E-state index contributed by atoms with van der Waals surface area (Å²) in [5, 5.41) is 3.60. The number of nitrogens with one attached hydrogen (secondary N) is 1. The van der Waals surface area contributed by atoms with Gasteiger partial charge in [0.2, 0.25) is 0 Å². The summed E-state index contributed by atoms with van der Waals surface area (Å²) in [5.74, 6) is 0.584. The molecule has 1 N–H and O–H groups in total. The van der Waals surface area contributed by atoms with Crippen molar-refractivity contribution < 1.29 is 4.39 Å². The molecular weight excluding hydrogens is 225 g/mol. The molecule has 2 rings (SSSR count). The normalized spacial score (nSPS) is 17.4. The average Bonchev–Trinajstić information content (AvgIpc) is 3.04. The highest BCUT2D eigenvalue weighted by molar-refractivity contribution is 6.30. The van der Waals surface area contributed by atoms with E-state index in [9.17, 15) is 4.39 Å². The van der Waals surface area contributed by atoms with Crippen LogP contribution in [0.3, 0.4) is 0 Å². The maximum atomic E-state index is 13.2. The minimum Gasteiger partial charge on any atom is -0.310 e. The van der Waals surface area contributed by atoms with Crippen molar-refractivity contribution >= 4 is 11.6 Å². The molecule has 1 atom stereocenters. The van der Waals surface area contributed by atoms with E-state index in [1.165, 1.54) is 25.3 Å². The van der Waals surface area contributed by atoms with Crippen molar-refractivity contribution in [3.8, 4) is 0 Å². The van der Waals surface area contributed by atoms with Crippen LogP contribution < -0.4 is 5.32 Å². The Labute approximate surface area is 101 Å². The van der Waals surface area contributed by atoms with Gasteiger partial charge in [0.1, 0.15) is 5.82 Å². The fraction of sp³-hybridized carbons (Fsp3) is 0.538. The zero-order valence-electron chi connectivity index (χ0n) is 9.47. The Hall–Kier alpha value is -0.600. The molecule has 0 aliphatic heterocycles. The Morgan fingerprint density at radius 3 is 2.88 bits per heavy atom. The predicted octanol–water partition coefficient (Wildman–Crippen LogP) is 3.76. The first-order chi connectivity index (χ1) is 7.65. The van der Waals surface area contributed by atoms with Gasteiger partial charge in [-0.05, 0) is 37.0 Å². The SMILES string of the molecule is CC(CC1CC1)NCc1ccc(Cl)c(F)c1. The van der Waals surface area contributed by atoms with E-state index in [1.807, 2.05) is 6.07 Å². The van der Waals surface area contributed by atoms with Crippen LogP contribution in [0.1, 0.15) is 31.7 Å². The van der Waals surface area contributed by atoms with E-state index in [1.54, 1.807) is 6.07 Å². The second-order valence-corrected chi connectivity index (χ2v) is 5.12. The van der Waals surface area contributed by atoms with Crippen molar-refractivity contribution in [2.75, 3.05) is 0 Å². The van der Waals surface area contributed by atoms with Gasteiger partial charge >= 0.3 is 0 Å². The molecule has 1 unspecified atom stereocenters. The highest BCUT2D eigenvalue weighted by Gasteiger charge is 2.23. The highest BCUT2D eigenvalue weighted by Crippen LogP contribution is 2.33. The summed E-state index contributed by atoms with van der Waals surface area (Å²) in [7, 11) is 0. The largest absolute Gasteiger partial charge is 0.310 e. The quantitative estimate of drug-likeness (QED) is 0.828. The lowest BCUT2D eigenvalue weighted by molar-refractivity contribution is 0.486. The minimum atomic E-state index is -0.337. The molecule has 0 radical (unpaired) electrons. The second kappa shape index (κ2) is 5.15. The van der Waals surface area contributed by atoms with E-state index in [4.69, 9.17) is 11.6 Å². The Morgan fingerprint density at radius 1 is 1.50 bits per heavy atom. The first-order valence-corrected chi connectivity index (χ1v) is 6.20. The van der Waals surface area contributed by atoms with E-state index in [-0.39, 0.29) is 10.8 Å². The van der Waals surface area contributed by atoms with E-state index < -0.39 is 0 Å². The van der Waals surface area contributed by atoms with Crippen LogP contribution in [0.25, 0.3) is 0 Å². The fourth-order valence-corrected chi connectivity index (χ4v) is 2.00. The van der Waals surface area contributed by atoms with Crippen LogP contribution in [0.15, 0.2) is 18.2 Å². The number of rotatable bonds is 5. The molecule has 88 valence electrons. The first kappa shape index (κ1) is 11.9. The molecule has 3 heteroatoms. The van der Waals surface area contributed by atoms with E-state index in [2.05, 4.69) is 12.2 Å². The number of halogens is 2. The maximum Gasteiger partial charge on any atom is 0.142 e. The molecule has 0 spiro atoms. The zero-order chi connectivity index (χ0) is 11.5. The van der Waals surface area contributed by atoms with E-state index in [0.717, 1.165) is 11.5 Å². The molecule has 16 heavy (non-hydrogen) atoms. The number of hydrogen-bond acceptors (Lipinski definition) is 1. The van der Waals surface area contributed by atoms with Gasteiger partial charge in [0.25, 0.3) is 0 Å². The molecule has 1 aromatic rings. The summed E-state index contributed by atoms with van der Waals surface area (Å²) < 4.78 is 13.2. The summed E-state index contributed by atoms with van der Waals surface area (Å²) >= 11 is 5.63. The average molecular weight is 242 g/mol. The summed E-state index contributed by atoms with van der Waals surface area (Å²) in [6, 6.07) is 5.48. The molecule has 1 aliphatic carbocycles. The zero-order valence-corrected chi connectivity index (χ0v) is 10.2. The van der Waals surface area contributed by atoms with Crippen molar-refractivity contribution in [1.82, 2.24) is 5.32 Å². The number of hydrogen-bond donors (Lipinski definition) is 1. The van der Waals surface area contributed by atoms with Gasteiger partial charge in [-0.25, -0.2) is 4.39 Å². The smallest absolute Gasteiger partial charge is 0.142 e. The van der Waals surface area contributed by atoms with Gasteiger partial charge in [0, 0.05) is 12.6 Å². The van der Waals surface area contributed by atoms with Gasteiger partial charge in [0.05, 0.1) is 5.02 Å². The minimum absolute atomic E-state index is 0.190. The molecule has 0 bridgehead atoms. The fourth-order valence-electron chi connectivity index (χ4n) is 1.88. The third kappa shape index (κ3) is 3.46. The molecule has 1 nitrogen and oxygen atoms in total. The van der Waals surface area contributed by atoms with Crippen molar-refractivity contribution in [2.24, 2.45) is 5.92 Å². The molecule has 0 saturated heterocycles. The summed E-state index contributed by atoms with van der Waals surface area (Å²) in [5.41, 5.74) is 0.949. The van der Waals surface area contributed by atoms with Crippen molar-refractivity contribution in [1.29, 1.82) is 0 Å². The summed E-state index contributed by atoms with van der Waals surface area (Å²) in [6.45, 7) is 2.90. The Bertz CT molecular complexity index is 363. The van der Waals surface area contributed by atoms with E-state index >= 15 is 0 Å². The molecule has 1 saturated carbocycles. The Kier molecular flexibility index (Phi) is 3.82. The van der Waals surface area contributed by atoms with Crippen LogP contribution in [-0.4, -0.2) is 6.04 Å². The van der Waals surface area contributed by atoms with Gasteiger partial charge in [-0.2, -0.15) is 0 Å². The van der Waals surface area contributed by atoms with Gasteiger partial charge in [-0.3, -0.25) is 0 Å². The Morgan fingerprint density at radius 2 is 2.25 bits per heavy atom. The van der Waals surface area contributed by atoms with Gasteiger partial charge < -0.3 is 5.32 Å². The topological polar surface area (TPSA) is 12.0 Å². The van der Waals surface area contributed by atoms with Crippen LogP contribution >= 0.6 is 11.6 Å². The molecule has 1 aromatic carbocycles. The van der Waals surface area contributed by atoms with Crippen LogP contribution in [0.5, 0.6) is 0 Å². The highest BCUT2D eigenvalue weighted by atomic mass is 35.5. The monoisotopic (exact) mass is 241 g/mol. The van der Waals surface area contributed by atoms with Crippen LogP contribution in [0.2, 0.25) is 5.02 Å². The van der Waals surface area contributed by atoms with Crippen LogP contribution in [0, 0.1) is 11.7 Å². The number of benzene rings is 1. The van der Waals surface area contributed by atoms with Crippen LogP contribution in [-0.2, 0) is 6.54 Å². The van der Waals surface area contributed by atoms with Gasteiger partial charge in [0.15, 0.2) is 0 Å². The third-order valence-electron chi connectivity index (χ3n) is 3.02. The first-order valence-electron chi connectivity index (χ1n) is 5.82. The maximum absolute atomic E-state index is 13.2. The predicted molar refractivity (Wildman–Crippen MR) is 65.1 cm³/mol. The lowest BCUT2D eigenvalue weighted by Gasteiger charge is -2.13. The summed E-state index contributed by atoms with van der Waals surface area (Å²) in [6.07, 6.45) is 3.99. The standard InChI is InChI=1S/C13H17ClFN/c1-9(6-10-2-3-10)16-8-11-4-5-12(14)13(15)7-11/h4-5,7,9-10,16H,2-3,6,8H2,1H3. The van der Waals surface area contributed by atoms with Crippen LogP contribution in [0.4, 0.5) is 4.39 Å².